The molecule has 3 rings (SSSR count). The Labute approximate surface area is 99.1 Å². The van der Waals surface area contributed by atoms with Crippen molar-refractivity contribution in [1.82, 2.24) is 9.97 Å². The molecule has 2 aromatic rings. The number of anilines is 1. The van der Waals surface area contributed by atoms with Gasteiger partial charge in [0.15, 0.2) is 0 Å². The van der Waals surface area contributed by atoms with Gasteiger partial charge in [-0.2, -0.15) is 0 Å². The standard InChI is InChI=1S/C13H13N3O/c1-8-14-7-12(15-8)10-2-4-11-9(6-10)3-5-13(17)16-11/h2,4,6-7H,3,5H2,1H3,(H,14,15)(H,16,17). The average molecular weight is 227 g/mol. The van der Waals surface area contributed by atoms with Crippen LogP contribution in [0.15, 0.2) is 24.4 Å². The SMILES string of the molecule is Cc1ncc(-c2ccc3c(c2)CCC(=O)N3)[nH]1. The highest BCUT2D eigenvalue weighted by molar-refractivity contribution is 5.94. The monoisotopic (exact) mass is 227 g/mol. The van der Waals surface area contributed by atoms with Crippen LogP contribution in [0, 0.1) is 6.92 Å². The first-order chi connectivity index (χ1) is 8.22. The molecule has 4 nitrogen and oxygen atoms in total. The molecule has 0 saturated heterocycles. The third-order valence-electron chi connectivity index (χ3n) is 3.01. The second-order valence-corrected chi connectivity index (χ2v) is 4.30. The van der Waals surface area contributed by atoms with Gasteiger partial charge < -0.3 is 10.3 Å². The summed E-state index contributed by atoms with van der Waals surface area (Å²) in [5, 5.41) is 2.88. The number of amides is 1. The van der Waals surface area contributed by atoms with E-state index in [-0.39, 0.29) is 5.91 Å². The largest absolute Gasteiger partial charge is 0.342 e. The van der Waals surface area contributed by atoms with Gasteiger partial charge in [-0.05, 0) is 36.6 Å². The molecule has 1 aromatic carbocycles. The highest BCUT2D eigenvalue weighted by Gasteiger charge is 2.15. The summed E-state index contributed by atoms with van der Waals surface area (Å²) in [6, 6.07) is 6.07. The van der Waals surface area contributed by atoms with Crippen molar-refractivity contribution in [2.75, 3.05) is 5.32 Å². The summed E-state index contributed by atoms with van der Waals surface area (Å²) in [5.74, 6) is 1.01. The van der Waals surface area contributed by atoms with Crippen LogP contribution in [0.5, 0.6) is 0 Å². The molecular formula is C13H13N3O. The second kappa shape index (κ2) is 3.73. The van der Waals surface area contributed by atoms with Crippen molar-refractivity contribution in [1.29, 1.82) is 0 Å². The van der Waals surface area contributed by atoms with Crippen molar-refractivity contribution in [2.24, 2.45) is 0 Å². The van der Waals surface area contributed by atoms with Crippen LogP contribution in [-0.2, 0) is 11.2 Å². The van der Waals surface area contributed by atoms with Crippen molar-refractivity contribution in [3.63, 3.8) is 0 Å². The van der Waals surface area contributed by atoms with Gasteiger partial charge in [0.1, 0.15) is 5.82 Å². The van der Waals surface area contributed by atoms with Gasteiger partial charge in [0.2, 0.25) is 5.91 Å². The summed E-state index contributed by atoms with van der Waals surface area (Å²) in [7, 11) is 0. The molecule has 86 valence electrons. The molecular weight excluding hydrogens is 214 g/mol. The van der Waals surface area contributed by atoms with Crippen molar-refractivity contribution < 1.29 is 4.79 Å². The molecule has 1 aliphatic heterocycles. The number of carbonyl (C=O) groups excluding carboxylic acids is 1. The topological polar surface area (TPSA) is 57.8 Å². The lowest BCUT2D eigenvalue weighted by Crippen LogP contribution is -2.18. The average Bonchev–Trinajstić information content (AvgIpc) is 2.75. The smallest absolute Gasteiger partial charge is 0.224 e. The third kappa shape index (κ3) is 1.82. The fourth-order valence-electron chi connectivity index (χ4n) is 2.12. The van der Waals surface area contributed by atoms with Gasteiger partial charge in [-0.15, -0.1) is 0 Å². The van der Waals surface area contributed by atoms with E-state index in [0.29, 0.717) is 6.42 Å². The molecule has 0 radical (unpaired) electrons. The minimum atomic E-state index is 0.0997. The number of hydrogen-bond donors (Lipinski definition) is 2. The van der Waals surface area contributed by atoms with Crippen LogP contribution in [-0.4, -0.2) is 15.9 Å². The van der Waals surface area contributed by atoms with E-state index in [2.05, 4.69) is 21.4 Å². The highest BCUT2D eigenvalue weighted by Crippen LogP contribution is 2.27. The van der Waals surface area contributed by atoms with E-state index in [4.69, 9.17) is 0 Å². The molecule has 1 aromatic heterocycles. The molecule has 0 unspecified atom stereocenters. The zero-order chi connectivity index (χ0) is 11.8. The predicted molar refractivity (Wildman–Crippen MR) is 65.7 cm³/mol. The number of carbonyl (C=O) groups is 1. The minimum absolute atomic E-state index is 0.0997. The Balaban J connectivity index is 2.01. The molecule has 0 spiro atoms. The van der Waals surface area contributed by atoms with Gasteiger partial charge in [-0.3, -0.25) is 4.79 Å². The first kappa shape index (κ1) is 10.1. The molecule has 0 saturated carbocycles. The number of nitrogens with zero attached hydrogens (tertiary/aromatic N) is 1. The minimum Gasteiger partial charge on any atom is -0.342 e. The predicted octanol–water partition coefficient (Wildman–Crippen LogP) is 2.27. The highest BCUT2D eigenvalue weighted by atomic mass is 16.1. The number of aromatic amines is 1. The maximum absolute atomic E-state index is 11.3. The molecule has 0 bridgehead atoms. The van der Waals surface area contributed by atoms with Crippen LogP contribution in [0.3, 0.4) is 0 Å². The number of aromatic nitrogens is 2. The number of imidazole rings is 1. The van der Waals surface area contributed by atoms with Crippen LogP contribution < -0.4 is 5.32 Å². The molecule has 17 heavy (non-hydrogen) atoms. The van der Waals surface area contributed by atoms with Crippen LogP contribution in [0.25, 0.3) is 11.3 Å². The zero-order valence-electron chi connectivity index (χ0n) is 9.58. The maximum atomic E-state index is 11.3. The van der Waals surface area contributed by atoms with Gasteiger partial charge >= 0.3 is 0 Å². The summed E-state index contributed by atoms with van der Waals surface area (Å²) >= 11 is 0. The molecule has 0 fully saturated rings. The summed E-state index contributed by atoms with van der Waals surface area (Å²) in [6.07, 6.45) is 3.21. The Kier molecular flexibility index (Phi) is 2.21. The van der Waals surface area contributed by atoms with E-state index >= 15 is 0 Å². The van der Waals surface area contributed by atoms with Gasteiger partial charge in [-0.25, -0.2) is 4.98 Å². The number of rotatable bonds is 1. The van der Waals surface area contributed by atoms with Gasteiger partial charge in [0, 0.05) is 12.1 Å². The Bertz CT molecular complexity index is 586. The fourth-order valence-corrected chi connectivity index (χ4v) is 2.12. The summed E-state index contributed by atoms with van der Waals surface area (Å²) in [5.41, 5.74) is 4.25. The molecule has 1 amide bonds. The first-order valence-electron chi connectivity index (χ1n) is 5.67. The van der Waals surface area contributed by atoms with E-state index in [9.17, 15) is 4.79 Å². The number of H-pyrrole nitrogens is 1. The van der Waals surface area contributed by atoms with E-state index in [0.717, 1.165) is 29.2 Å². The van der Waals surface area contributed by atoms with E-state index in [1.807, 2.05) is 25.3 Å². The quantitative estimate of drug-likeness (QED) is 0.785. The Morgan fingerprint density at radius 3 is 2.94 bits per heavy atom. The second-order valence-electron chi connectivity index (χ2n) is 4.30. The first-order valence-corrected chi connectivity index (χ1v) is 5.67. The summed E-state index contributed by atoms with van der Waals surface area (Å²) in [4.78, 5) is 18.7. The normalized spacial score (nSPS) is 14.3. The van der Waals surface area contributed by atoms with E-state index in [1.54, 1.807) is 0 Å². The Morgan fingerprint density at radius 2 is 2.18 bits per heavy atom. The van der Waals surface area contributed by atoms with Gasteiger partial charge in [0.05, 0.1) is 11.9 Å². The number of fused-ring (bicyclic) bond motifs is 1. The number of nitrogens with one attached hydrogen (secondary N) is 2. The Morgan fingerprint density at radius 1 is 1.29 bits per heavy atom. The molecule has 2 heterocycles. The van der Waals surface area contributed by atoms with Gasteiger partial charge in [0.25, 0.3) is 0 Å². The fraction of sp³-hybridized carbons (Fsp3) is 0.231. The van der Waals surface area contributed by atoms with Gasteiger partial charge in [-0.1, -0.05) is 6.07 Å². The Hall–Kier alpha value is -2.10. The molecule has 1 aliphatic rings. The summed E-state index contributed by atoms with van der Waals surface area (Å²) in [6.45, 7) is 1.93. The maximum Gasteiger partial charge on any atom is 0.224 e. The molecule has 0 atom stereocenters. The van der Waals surface area contributed by atoms with E-state index in [1.165, 1.54) is 5.56 Å². The van der Waals surface area contributed by atoms with E-state index < -0.39 is 0 Å². The lowest BCUT2D eigenvalue weighted by Gasteiger charge is -2.17. The lowest BCUT2D eigenvalue weighted by molar-refractivity contribution is -0.116. The van der Waals surface area contributed by atoms with Crippen LogP contribution >= 0.6 is 0 Å². The van der Waals surface area contributed by atoms with Crippen molar-refractivity contribution in [3.8, 4) is 11.3 Å². The number of aryl methyl sites for hydroxylation is 2. The van der Waals surface area contributed by atoms with Crippen molar-refractivity contribution in [2.45, 2.75) is 19.8 Å². The van der Waals surface area contributed by atoms with Crippen LogP contribution in [0.1, 0.15) is 17.8 Å². The number of hydrogen-bond acceptors (Lipinski definition) is 2. The molecule has 0 aliphatic carbocycles. The molecule has 2 N–H and O–H groups in total. The van der Waals surface area contributed by atoms with Crippen molar-refractivity contribution >= 4 is 11.6 Å². The summed E-state index contributed by atoms with van der Waals surface area (Å²) < 4.78 is 0. The van der Waals surface area contributed by atoms with Crippen molar-refractivity contribution in [3.05, 3.63) is 35.8 Å². The lowest BCUT2D eigenvalue weighted by atomic mass is 9.99. The van der Waals surface area contributed by atoms with Crippen LogP contribution in [0.4, 0.5) is 5.69 Å². The zero-order valence-corrected chi connectivity index (χ0v) is 9.58. The third-order valence-corrected chi connectivity index (χ3v) is 3.01. The van der Waals surface area contributed by atoms with Crippen LogP contribution in [0.2, 0.25) is 0 Å². The molecule has 4 heteroatoms. The number of benzene rings is 1.